The van der Waals surface area contributed by atoms with Crippen molar-refractivity contribution in [2.24, 2.45) is 7.05 Å². The quantitative estimate of drug-likeness (QED) is 0.785. The Kier molecular flexibility index (Phi) is 1.97. The number of nitrogens with zero attached hydrogens (tertiary/aromatic N) is 4. The van der Waals surface area contributed by atoms with E-state index >= 15 is 0 Å². The van der Waals surface area contributed by atoms with E-state index in [1.807, 2.05) is 20.2 Å². The summed E-state index contributed by atoms with van der Waals surface area (Å²) in [7, 11) is 1.89. The van der Waals surface area contributed by atoms with E-state index in [0.717, 1.165) is 16.5 Å². The van der Waals surface area contributed by atoms with Crippen LogP contribution < -0.4 is 5.32 Å². The van der Waals surface area contributed by atoms with E-state index in [0.29, 0.717) is 0 Å². The van der Waals surface area contributed by atoms with Gasteiger partial charge in [0.2, 0.25) is 5.13 Å². The fourth-order valence-electron chi connectivity index (χ4n) is 1.07. The van der Waals surface area contributed by atoms with E-state index < -0.39 is 0 Å². The van der Waals surface area contributed by atoms with Crippen molar-refractivity contribution >= 4 is 22.4 Å². The van der Waals surface area contributed by atoms with Gasteiger partial charge in [-0.2, -0.15) is 9.47 Å². The van der Waals surface area contributed by atoms with Crippen molar-refractivity contribution in [1.29, 1.82) is 0 Å². The first-order valence-corrected chi connectivity index (χ1v) is 4.57. The van der Waals surface area contributed by atoms with Crippen molar-refractivity contribution in [2.75, 3.05) is 5.32 Å². The molecule has 5 nitrogen and oxygen atoms in total. The minimum absolute atomic E-state index is 0.788. The van der Waals surface area contributed by atoms with E-state index in [4.69, 9.17) is 0 Å². The van der Waals surface area contributed by atoms with E-state index in [1.165, 1.54) is 17.9 Å². The highest BCUT2D eigenvalue weighted by Gasteiger charge is 2.04. The molecule has 0 atom stereocenters. The van der Waals surface area contributed by atoms with Crippen molar-refractivity contribution in [3.8, 4) is 0 Å². The summed E-state index contributed by atoms with van der Waals surface area (Å²) in [5, 5.41) is 8.12. The monoisotopic (exact) mass is 195 g/mol. The van der Waals surface area contributed by atoms with Crippen molar-refractivity contribution in [3.05, 3.63) is 18.2 Å². The molecule has 0 amide bonds. The molecule has 0 fully saturated rings. The molecule has 1 N–H and O–H groups in total. The summed E-state index contributed by atoms with van der Waals surface area (Å²) in [4.78, 5) is 4.02. The molecule has 68 valence electrons. The number of aryl methyl sites for hydroxylation is 2. The molecular weight excluding hydrogens is 186 g/mol. The van der Waals surface area contributed by atoms with Gasteiger partial charge in [-0.25, -0.2) is 4.98 Å². The van der Waals surface area contributed by atoms with Crippen LogP contribution in [0.4, 0.5) is 10.8 Å². The van der Waals surface area contributed by atoms with Gasteiger partial charge in [-0.05, 0) is 6.92 Å². The van der Waals surface area contributed by atoms with Gasteiger partial charge < -0.3 is 5.32 Å². The first-order chi connectivity index (χ1) is 6.25. The van der Waals surface area contributed by atoms with Crippen LogP contribution in [0.25, 0.3) is 0 Å². The average molecular weight is 195 g/mol. The Hall–Kier alpha value is -1.43. The Morgan fingerprint density at radius 3 is 2.92 bits per heavy atom. The van der Waals surface area contributed by atoms with Gasteiger partial charge in [-0.1, -0.05) is 0 Å². The zero-order valence-electron chi connectivity index (χ0n) is 7.35. The Morgan fingerprint density at radius 1 is 1.54 bits per heavy atom. The highest BCUT2D eigenvalue weighted by atomic mass is 32.1. The van der Waals surface area contributed by atoms with Gasteiger partial charge in [0.25, 0.3) is 0 Å². The van der Waals surface area contributed by atoms with Crippen molar-refractivity contribution in [3.63, 3.8) is 0 Å². The third kappa shape index (κ3) is 1.67. The first-order valence-electron chi connectivity index (χ1n) is 3.79. The molecule has 0 saturated carbocycles. The third-order valence-electron chi connectivity index (χ3n) is 1.62. The number of rotatable bonds is 2. The minimum Gasteiger partial charge on any atom is -0.327 e. The zero-order chi connectivity index (χ0) is 9.26. The molecule has 0 saturated heterocycles. The van der Waals surface area contributed by atoms with Gasteiger partial charge in [-0.3, -0.25) is 4.68 Å². The largest absolute Gasteiger partial charge is 0.327 e. The number of nitrogens with one attached hydrogen (secondary N) is 1. The van der Waals surface area contributed by atoms with Gasteiger partial charge in [0.15, 0.2) is 0 Å². The lowest BCUT2D eigenvalue weighted by Crippen LogP contribution is -1.88. The van der Waals surface area contributed by atoms with E-state index in [9.17, 15) is 0 Å². The average Bonchev–Trinajstić information content (AvgIpc) is 2.63. The zero-order valence-corrected chi connectivity index (χ0v) is 8.17. The second kappa shape index (κ2) is 3.14. The van der Waals surface area contributed by atoms with Gasteiger partial charge in [0, 0.05) is 24.8 Å². The maximum atomic E-state index is 4.20. The Morgan fingerprint density at radius 2 is 2.38 bits per heavy atom. The molecule has 0 aliphatic carbocycles. The highest BCUT2D eigenvalue weighted by molar-refractivity contribution is 7.09. The molecule has 0 radical (unpaired) electrons. The summed E-state index contributed by atoms with van der Waals surface area (Å²) in [5.41, 5.74) is 1.93. The summed E-state index contributed by atoms with van der Waals surface area (Å²) in [6, 6.07) is 0. The Bertz CT molecular complexity index is 391. The maximum absolute atomic E-state index is 4.20. The summed E-state index contributed by atoms with van der Waals surface area (Å²) >= 11 is 1.33. The lowest BCUT2D eigenvalue weighted by atomic mass is 10.4. The minimum atomic E-state index is 0.788. The lowest BCUT2D eigenvalue weighted by Gasteiger charge is -1.96. The predicted octanol–water partition coefficient (Wildman–Crippen LogP) is 1.32. The maximum Gasteiger partial charge on any atom is 0.206 e. The van der Waals surface area contributed by atoms with Crippen LogP contribution in [0.1, 0.15) is 5.69 Å². The van der Waals surface area contributed by atoms with E-state index in [1.54, 1.807) is 4.68 Å². The molecule has 2 aromatic rings. The van der Waals surface area contributed by atoms with Gasteiger partial charge >= 0.3 is 0 Å². The van der Waals surface area contributed by atoms with Crippen LogP contribution in [0.3, 0.4) is 0 Å². The van der Waals surface area contributed by atoms with Crippen LogP contribution in [0.5, 0.6) is 0 Å². The second-order valence-corrected chi connectivity index (χ2v) is 3.45. The van der Waals surface area contributed by atoms with Gasteiger partial charge in [-0.15, -0.1) is 0 Å². The molecule has 0 aliphatic rings. The second-order valence-electron chi connectivity index (χ2n) is 2.67. The fraction of sp³-hybridized carbons (Fsp3) is 0.286. The van der Waals surface area contributed by atoms with Gasteiger partial charge in [0.1, 0.15) is 6.33 Å². The molecule has 2 rings (SSSR count). The van der Waals surface area contributed by atoms with E-state index in [2.05, 4.69) is 19.8 Å². The number of anilines is 2. The summed E-state index contributed by atoms with van der Waals surface area (Å²) in [6.45, 7) is 1.95. The van der Waals surface area contributed by atoms with Crippen LogP contribution in [0.2, 0.25) is 0 Å². The van der Waals surface area contributed by atoms with Crippen LogP contribution in [-0.4, -0.2) is 19.1 Å². The number of aromatic nitrogens is 4. The number of hydrogen-bond acceptors (Lipinski definition) is 5. The van der Waals surface area contributed by atoms with Crippen molar-refractivity contribution in [2.45, 2.75) is 6.92 Å². The molecule has 0 aromatic carbocycles. The summed E-state index contributed by atoms with van der Waals surface area (Å²) < 4.78 is 5.66. The Labute approximate surface area is 79.6 Å². The highest BCUT2D eigenvalue weighted by Crippen LogP contribution is 2.18. The molecule has 0 unspecified atom stereocenters. The molecular formula is C7H9N5S. The lowest BCUT2D eigenvalue weighted by molar-refractivity contribution is 0.756. The van der Waals surface area contributed by atoms with Crippen LogP contribution >= 0.6 is 11.5 Å². The molecule has 0 bridgehead atoms. The Balaban J connectivity index is 2.23. The molecule has 2 aromatic heterocycles. The van der Waals surface area contributed by atoms with Gasteiger partial charge in [0.05, 0.1) is 11.4 Å². The van der Waals surface area contributed by atoms with Crippen LogP contribution in [0, 0.1) is 6.92 Å². The third-order valence-corrected chi connectivity index (χ3v) is 2.20. The number of hydrogen-bond donors (Lipinski definition) is 1. The SMILES string of the molecule is Cc1nn(C)cc1Nc1ncns1. The summed E-state index contributed by atoms with van der Waals surface area (Å²) in [5.74, 6) is 0. The predicted molar refractivity (Wildman–Crippen MR) is 51.1 cm³/mol. The smallest absolute Gasteiger partial charge is 0.206 e. The normalized spacial score (nSPS) is 10.3. The molecule has 13 heavy (non-hydrogen) atoms. The van der Waals surface area contributed by atoms with Crippen molar-refractivity contribution < 1.29 is 0 Å². The van der Waals surface area contributed by atoms with Crippen LogP contribution in [0.15, 0.2) is 12.5 Å². The first kappa shape index (κ1) is 8.18. The topological polar surface area (TPSA) is 55.6 Å². The van der Waals surface area contributed by atoms with Crippen molar-refractivity contribution in [1.82, 2.24) is 19.1 Å². The standard InChI is InChI=1S/C7H9N5S/c1-5-6(3-12(2)11-5)10-7-8-4-9-13-7/h3-4H,1-2H3,(H,8,9,10). The molecule has 0 aliphatic heterocycles. The molecule has 0 spiro atoms. The fourth-order valence-corrected chi connectivity index (χ4v) is 1.51. The summed E-state index contributed by atoms with van der Waals surface area (Å²) in [6.07, 6.45) is 3.44. The van der Waals surface area contributed by atoms with Crippen LogP contribution in [-0.2, 0) is 7.05 Å². The van der Waals surface area contributed by atoms with E-state index in [-0.39, 0.29) is 0 Å². The molecule has 6 heteroatoms. The molecule has 2 heterocycles.